The molecule has 0 spiro atoms. The molecule has 2 N–H and O–H groups in total. The Labute approximate surface area is 148 Å². The number of nitrogens with zero attached hydrogens (tertiary/aromatic N) is 2. The molecule has 2 aromatic rings. The third kappa shape index (κ3) is 3.52. The fourth-order valence-electron chi connectivity index (χ4n) is 2.76. The van der Waals surface area contributed by atoms with Gasteiger partial charge in [-0.15, -0.1) is 11.3 Å². The third-order valence-corrected chi connectivity index (χ3v) is 7.41. The van der Waals surface area contributed by atoms with E-state index in [-0.39, 0.29) is 29.3 Å². The lowest BCUT2D eigenvalue weighted by Gasteiger charge is -2.21. The lowest BCUT2D eigenvalue weighted by Crippen LogP contribution is -2.39. The standard InChI is InChI=1S/C15H17N3O5S2/c1-2-14(20)17-10-5-11(8-19)18(7-10)25(21,22)15-4-3-13(24-15)12-6-16-9-23-12/h2-4,6,9-11,19H,1,5,7-8H2,(H,17,20). The highest BCUT2D eigenvalue weighted by Gasteiger charge is 2.41. The molecule has 2 unspecified atom stereocenters. The molecule has 134 valence electrons. The first-order valence-electron chi connectivity index (χ1n) is 7.50. The highest BCUT2D eigenvalue weighted by Crippen LogP contribution is 2.34. The number of rotatable bonds is 6. The summed E-state index contributed by atoms with van der Waals surface area (Å²) in [5, 5.41) is 12.2. The lowest BCUT2D eigenvalue weighted by molar-refractivity contribution is -0.117. The zero-order valence-corrected chi connectivity index (χ0v) is 14.8. The van der Waals surface area contributed by atoms with Crippen molar-refractivity contribution in [3.8, 4) is 10.6 Å². The van der Waals surface area contributed by atoms with Gasteiger partial charge in [-0.3, -0.25) is 4.79 Å². The van der Waals surface area contributed by atoms with E-state index in [2.05, 4.69) is 16.9 Å². The van der Waals surface area contributed by atoms with Crippen LogP contribution in [0.4, 0.5) is 0 Å². The van der Waals surface area contributed by atoms with Crippen molar-refractivity contribution >= 4 is 27.3 Å². The van der Waals surface area contributed by atoms with Gasteiger partial charge in [0.25, 0.3) is 10.0 Å². The van der Waals surface area contributed by atoms with E-state index in [1.54, 1.807) is 6.07 Å². The molecule has 1 saturated heterocycles. The molecule has 0 radical (unpaired) electrons. The molecule has 1 fully saturated rings. The molecular formula is C15H17N3O5S2. The van der Waals surface area contributed by atoms with Gasteiger partial charge in [-0.1, -0.05) is 6.58 Å². The maximum atomic E-state index is 12.9. The number of thiophene rings is 1. The molecule has 3 rings (SSSR count). The molecule has 0 aliphatic carbocycles. The number of hydrogen-bond acceptors (Lipinski definition) is 7. The number of nitrogens with one attached hydrogen (secondary N) is 1. The maximum Gasteiger partial charge on any atom is 0.252 e. The van der Waals surface area contributed by atoms with Gasteiger partial charge in [0, 0.05) is 12.6 Å². The quantitative estimate of drug-likeness (QED) is 0.715. The van der Waals surface area contributed by atoms with Gasteiger partial charge in [-0.2, -0.15) is 4.31 Å². The Morgan fingerprint density at radius 2 is 2.36 bits per heavy atom. The van der Waals surface area contributed by atoms with Crippen molar-refractivity contribution < 1.29 is 22.7 Å². The Balaban J connectivity index is 1.83. The topological polar surface area (TPSA) is 113 Å². The molecule has 8 nitrogen and oxygen atoms in total. The predicted octanol–water partition coefficient (Wildman–Crippen LogP) is 0.829. The molecule has 0 saturated carbocycles. The number of aromatic nitrogens is 1. The summed E-state index contributed by atoms with van der Waals surface area (Å²) in [7, 11) is -3.79. The number of sulfonamides is 1. The molecular weight excluding hydrogens is 366 g/mol. The van der Waals surface area contributed by atoms with Gasteiger partial charge in [0.15, 0.2) is 12.2 Å². The smallest absolute Gasteiger partial charge is 0.252 e. The average Bonchev–Trinajstić information content (AvgIpc) is 3.33. The summed E-state index contributed by atoms with van der Waals surface area (Å²) in [5.74, 6) is 0.118. The van der Waals surface area contributed by atoms with E-state index in [1.807, 2.05) is 0 Å². The van der Waals surface area contributed by atoms with E-state index in [9.17, 15) is 18.3 Å². The molecule has 0 bridgehead atoms. The van der Waals surface area contributed by atoms with E-state index < -0.39 is 16.1 Å². The Hall–Kier alpha value is -2.01. The first-order chi connectivity index (χ1) is 12.0. The SMILES string of the molecule is C=CC(=O)NC1CC(CO)N(S(=O)(=O)c2ccc(-c3cnco3)s2)C1. The number of oxazole rings is 1. The second-order valence-electron chi connectivity index (χ2n) is 5.54. The number of hydrogen-bond donors (Lipinski definition) is 2. The monoisotopic (exact) mass is 383 g/mol. The molecule has 25 heavy (non-hydrogen) atoms. The molecule has 10 heteroatoms. The summed E-state index contributed by atoms with van der Waals surface area (Å²) in [6.45, 7) is 3.16. The molecule has 2 aromatic heterocycles. The van der Waals surface area contributed by atoms with Crippen molar-refractivity contribution in [1.82, 2.24) is 14.6 Å². The van der Waals surface area contributed by atoms with Crippen molar-refractivity contribution in [3.05, 3.63) is 37.4 Å². The Morgan fingerprint density at radius 3 is 3.00 bits per heavy atom. The Kier molecular flexibility index (Phi) is 5.04. The first-order valence-corrected chi connectivity index (χ1v) is 9.75. The molecule has 0 aromatic carbocycles. The minimum Gasteiger partial charge on any atom is -0.443 e. The minimum absolute atomic E-state index is 0.0999. The fraction of sp³-hybridized carbons (Fsp3) is 0.333. The van der Waals surface area contributed by atoms with Crippen LogP contribution in [0.1, 0.15) is 6.42 Å². The van der Waals surface area contributed by atoms with Crippen LogP contribution in [0.5, 0.6) is 0 Å². The summed E-state index contributed by atoms with van der Waals surface area (Å²) < 4.78 is 32.4. The summed E-state index contributed by atoms with van der Waals surface area (Å²) >= 11 is 1.07. The van der Waals surface area contributed by atoms with Crippen LogP contribution in [0.2, 0.25) is 0 Å². The van der Waals surface area contributed by atoms with Gasteiger partial charge in [-0.05, 0) is 24.6 Å². The van der Waals surface area contributed by atoms with Gasteiger partial charge < -0.3 is 14.8 Å². The Morgan fingerprint density at radius 1 is 1.56 bits per heavy atom. The van der Waals surface area contributed by atoms with E-state index in [1.165, 1.54) is 23.0 Å². The second-order valence-corrected chi connectivity index (χ2v) is 8.74. The van der Waals surface area contributed by atoms with Gasteiger partial charge in [0.2, 0.25) is 5.91 Å². The lowest BCUT2D eigenvalue weighted by atomic mass is 10.2. The summed E-state index contributed by atoms with van der Waals surface area (Å²) in [5.41, 5.74) is 0. The number of carbonyl (C=O) groups is 1. The number of aliphatic hydroxyl groups excluding tert-OH is 1. The zero-order valence-electron chi connectivity index (χ0n) is 13.2. The van der Waals surface area contributed by atoms with Crippen LogP contribution >= 0.6 is 11.3 Å². The van der Waals surface area contributed by atoms with Crippen molar-refractivity contribution in [2.75, 3.05) is 13.2 Å². The first kappa shape index (κ1) is 17.8. The maximum absolute atomic E-state index is 12.9. The fourth-order valence-corrected chi connectivity index (χ4v) is 5.82. The van der Waals surface area contributed by atoms with Crippen LogP contribution in [-0.4, -0.2) is 54.0 Å². The molecule has 1 aliphatic heterocycles. The van der Waals surface area contributed by atoms with E-state index in [0.717, 1.165) is 17.4 Å². The van der Waals surface area contributed by atoms with Gasteiger partial charge in [-0.25, -0.2) is 13.4 Å². The van der Waals surface area contributed by atoms with Gasteiger partial charge in [0.05, 0.1) is 23.7 Å². The van der Waals surface area contributed by atoms with E-state index in [4.69, 9.17) is 4.42 Å². The van der Waals surface area contributed by atoms with Crippen LogP contribution < -0.4 is 5.32 Å². The zero-order chi connectivity index (χ0) is 18.0. The number of amides is 1. The van der Waals surface area contributed by atoms with Crippen molar-refractivity contribution in [2.24, 2.45) is 0 Å². The molecule has 1 amide bonds. The second kappa shape index (κ2) is 7.08. The van der Waals surface area contributed by atoms with Crippen LogP contribution in [0, 0.1) is 0 Å². The van der Waals surface area contributed by atoms with Gasteiger partial charge in [0.1, 0.15) is 4.21 Å². The summed E-state index contributed by atoms with van der Waals surface area (Å²) in [6.07, 6.45) is 4.26. The average molecular weight is 383 g/mol. The summed E-state index contributed by atoms with van der Waals surface area (Å²) in [6, 6.07) is 2.20. The minimum atomic E-state index is -3.79. The van der Waals surface area contributed by atoms with Crippen molar-refractivity contribution in [1.29, 1.82) is 0 Å². The van der Waals surface area contributed by atoms with Crippen LogP contribution in [0.3, 0.4) is 0 Å². The molecule has 3 heterocycles. The predicted molar refractivity (Wildman–Crippen MR) is 91.3 cm³/mol. The highest BCUT2D eigenvalue weighted by atomic mass is 32.2. The van der Waals surface area contributed by atoms with E-state index >= 15 is 0 Å². The Bertz CT molecular complexity index is 860. The summed E-state index contributed by atoms with van der Waals surface area (Å²) in [4.78, 5) is 15.9. The number of carbonyl (C=O) groups excluding carboxylic acids is 1. The van der Waals surface area contributed by atoms with E-state index in [0.29, 0.717) is 17.1 Å². The van der Waals surface area contributed by atoms with Crippen LogP contribution in [-0.2, 0) is 14.8 Å². The van der Waals surface area contributed by atoms with Crippen LogP contribution in [0.15, 0.2) is 46.0 Å². The normalized spacial score (nSPS) is 21.3. The number of aliphatic hydroxyl groups is 1. The third-order valence-electron chi connectivity index (χ3n) is 3.93. The largest absolute Gasteiger partial charge is 0.443 e. The van der Waals surface area contributed by atoms with Crippen LogP contribution in [0.25, 0.3) is 10.6 Å². The van der Waals surface area contributed by atoms with Crippen molar-refractivity contribution in [2.45, 2.75) is 22.7 Å². The molecule has 1 aliphatic rings. The highest BCUT2D eigenvalue weighted by molar-refractivity contribution is 7.91. The molecule has 2 atom stereocenters. The van der Waals surface area contributed by atoms with Crippen molar-refractivity contribution in [3.63, 3.8) is 0 Å². The van der Waals surface area contributed by atoms with Gasteiger partial charge >= 0.3 is 0 Å².